The topological polar surface area (TPSA) is 106 Å². The fourth-order valence-electron chi connectivity index (χ4n) is 1.96. The van der Waals surface area contributed by atoms with Gasteiger partial charge >= 0.3 is 6.03 Å². The first-order chi connectivity index (χ1) is 11.5. The minimum Gasteiger partial charge on any atom is -0.496 e. The van der Waals surface area contributed by atoms with E-state index in [9.17, 15) is 14.9 Å². The van der Waals surface area contributed by atoms with Gasteiger partial charge in [0.2, 0.25) is 0 Å². The molecule has 124 valence electrons. The molecule has 0 bridgehead atoms. The van der Waals surface area contributed by atoms with Crippen LogP contribution in [0.15, 0.2) is 47.6 Å². The second-order valence-electron chi connectivity index (χ2n) is 4.82. The number of anilines is 1. The van der Waals surface area contributed by atoms with Crippen LogP contribution in [0.5, 0.6) is 5.75 Å². The quantitative estimate of drug-likeness (QED) is 0.500. The lowest BCUT2D eigenvalue weighted by Crippen LogP contribution is -2.24. The van der Waals surface area contributed by atoms with E-state index in [1.807, 2.05) is 19.1 Å². The number of hydrogen-bond acceptors (Lipinski definition) is 5. The molecule has 2 amide bonds. The number of ether oxygens (including phenoxy) is 1. The number of methoxy groups -OCH3 is 1. The Morgan fingerprint density at radius 2 is 2.04 bits per heavy atom. The summed E-state index contributed by atoms with van der Waals surface area (Å²) < 4.78 is 5.11. The molecule has 8 heteroatoms. The van der Waals surface area contributed by atoms with E-state index in [2.05, 4.69) is 15.8 Å². The standard InChI is InChI=1S/C16H16N4O4/c1-11-5-3-4-6-14(11)18-16(21)19-17-10-12-9-13(20(22)23)7-8-15(12)24-2/h3-10H,1-2H3,(H2,18,19,21). The second kappa shape index (κ2) is 7.73. The summed E-state index contributed by atoms with van der Waals surface area (Å²) in [5, 5.41) is 17.2. The molecule has 2 N–H and O–H groups in total. The molecular weight excluding hydrogens is 312 g/mol. The number of carbonyl (C=O) groups is 1. The Hall–Kier alpha value is -3.42. The number of hydrazone groups is 1. The smallest absolute Gasteiger partial charge is 0.339 e. The van der Waals surface area contributed by atoms with Crippen molar-refractivity contribution >= 4 is 23.6 Å². The molecule has 2 aromatic carbocycles. The first kappa shape index (κ1) is 16.9. The fraction of sp³-hybridized carbons (Fsp3) is 0.125. The van der Waals surface area contributed by atoms with Crippen LogP contribution in [-0.2, 0) is 0 Å². The Bertz CT molecular complexity index is 789. The Labute approximate surface area is 138 Å². The molecule has 0 saturated carbocycles. The molecule has 0 saturated heterocycles. The highest BCUT2D eigenvalue weighted by atomic mass is 16.6. The molecule has 2 rings (SSSR count). The lowest BCUT2D eigenvalue weighted by Gasteiger charge is -2.07. The number of aryl methyl sites for hydroxylation is 1. The third-order valence-electron chi connectivity index (χ3n) is 3.19. The number of rotatable bonds is 5. The lowest BCUT2D eigenvalue weighted by atomic mass is 10.2. The van der Waals surface area contributed by atoms with Crippen molar-refractivity contribution in [3.8, 4) is 5.75 Å². The first-order valence-corrected chi connectivity index (χ1v) is 6.99. The summed E-state index contributed by atoms with van der Waals surface area (Å²) in [4.78, 5) is 22.1. The van der Waals surface area contributed by atoms with E-state index < -0.39 is 11.0 Å². The van der Waals surface area contributed by atoms with Crippen LogP contribution < -0.4 is 15.5 Å². The molecule has 0 unspecified atom stereocenters. The minimum absolute atomic E-state index is 0.0957. The van der Waals surface area contributed by atoms with Crippen molar-refractivity contribution in [3.63, 3.8) is 0 Å². The Morgan fingerprint density at radius 3 is 2.71 bits per heavy atom. The SMILES string of the molecule is COc1ccc([N+](=O)[O-])cc1C=NNC(=O)Nc1ccccc1C. The first-order valence-electron chi connectivity index (χ1n) is 6.99. The van der Waals surface area contributed by atoms with E-state index in [0.717, 1.165) is 5.56 Å². The summed E-state index contributed by atoms with van der Waals surface area (Å²) in [6.07, 6.45) is 1.28. The number of non-ortho nitro benzene ring substituents is 1. The zero-order valence-corrected chi connectivity index (χ0v) is 13.1. The van der Waals surface area contributed by atoms with Crippen LogP contribution >= 0.6 is 0 Å². The maximum absolute atomic E-state index is 11.8. The van der Waals surface area contributed by atoms with Gasteiger partial charge in [-0.05, 0) is 24.6 Å². The Morgan fingerprint density at radius 1 is 1.29 bits per heavy atom. The van der Waals surface area contributed by atoms with Gasteiger partial charge in [0.1, 0.15) is 5.75 Å². The van der Waals surface area contributed by atoms with Gasteiger partial charge in [-0.3, -0.25) is 10.1 Å². The van der Waals surface area contributed by atoms with Crippen molar-refractivity contribution in [2.24, 2.45) is 5.10 Å². The van der Waals surface area contributed by atoms with E-state index >= 15 is 0 Å². The van der Waals surface area contributed by atoms with E-state index in [1.54, 1.807) is 12.1 Å². The molecule has 2 aromatic rings. The highest BCUT2D eigenvalue weighted by Gasteiger charge is 2.10. The van der Waals surface area contributed by atoms with Crippen LogP contribution in [-0.4, -0.2) is 24.3 Å². The van der Waals surface area contributed by atoms with Crippen molar-refractivity contribution in [1.82, 2.24) is 5.43 Å². The van der Waals surface area contributed by atoms with Gasteiger partial charge in [0, 0.05) is 23.4 Å². The van der Waals surface area contributed by atoms with E-state index in [1.165, 1.54) is 31.5 Å². The second-order valence-corrected chi connectivity index (χ2v) is 4.82. The van der Waals surface area contributed by atoms with Crippen LogP contribution in [0, 0.1) is 17.0 Å². The molecule has 0 radical (unpaired) electrons. The number of benzene rings is 2. The van der Waals surface area contributed by atoms with Gasteiger partial charge < -0.3 is 10.1 Å². The Kier molecular flexibility index (Phi) is 5.45. The largest absolute Gasteiger partial charge is 0.496 e. The number of urea groups is 1. The fourth-order valence-corrected chi connectivity index (χ4v) is 1.96. The molecule has 0 heterocycles. The summed E-state index contributed by atoms with van der Waals surface area (Å²) in [7, 11) is 1.44. The number of amides is 2. The number of nitro groups is 1. The van der Waals surface area contributed by atoms with Crippen molar-refractivity contribution in [2.45, 2.75) is 6.92 Å². The van der Waals surface area contributed by atoms with Gasteiger partial charge in [0.05, 0.1) is 18.2 Å². The van der Waals surface area contributed by atoms with Gasteiger partial charge in [0.15, 0.2) is 0 Å². The van der Waals surface area contributed by atoms with Crippen LogP contribution in [0.1, 0.15) is 11.1 Å². The van der Waals surface area contributed by atoms with Gasteiger partial charge in [0.25, 0.3) is 5.69 Å². The molecular formula is C16H16N4O4. The number of nitrogens with zero attached hydrogens (tertiary/aromatic N) is 2. The third-order valence-corrected chi connectivity index (χ3v) is 3.19. The third kappa shape index (κ3) is 4.29. The molecule has 0 aliphatic rings. The number of carbonyl (C=O) groups excluding carboxylic acids is 1. The van der Waals surface area contributed by atoms with Gasteiger partial charge in [-0.15, -0.1) is 0 Å². The molecule has 8 nitrogen and oxygen atoms in total. The molecule has 0 atom stereocenters. The summed E-state index contributed by atoms with van der Waals surface area (Å²) in [6, 6.07) is 10.9. The summed E-state index contributed by atoms with van der Waals surface area (Å²) in [6.45, 7) is 1.87. The maximum Gasteiger partial charge on any atom is 0.339 e. The van der Waals surface area contributed by atoms with Crippen molar-refractivity contribution in [2.75, 3.05) is 12.4 Å². The summed E-state index contributed by atoms with van der Waals surface area (Å²) in [5.74, 6) is 0.408. The zero-order valence-electron chi connectivity index (χ0n) is 13.1. The van der Waals surface area contributed by atoms with Gasteiger partial charge in [-0.2, -0.15) is 5.10 Å². The molecule has 0 aliphatic carbocycles. The van der Waals surface area contributed by atoms with Crippen molar-refractivity contribution in [3.05, 3.63) is 63.7 Å². The normalized spacial score (nSPS) is 10.4. The monoisotopic (exact) mass is 328 g/mol. The van der Waals surface area contributed by atoms with Gasteiger partial charge in [-0.25, -0.2) is 10.2 Å². The van der Waals surface area contributed by atoms with E-state index in [4.69, 9.17) is 4.74 Å². The van der Waals surface area contributed by atoms with Gasteiger partial charge in [-0.1, -0.05) is 18.2 Å². The van der Waals surface area contributed by atoms with Crippen molar-refractivity contribution < 1.29 is 14.5 Å². The minimum atomic E-state index is -0.523. The molecule has 0 aromatic heterocycles. The molecule has 0 spiro atoms. The number of hydrogen-bond donors (Lipinski definition) is 2. The number of para-hydroxylation sites is 1. The van der Waals surface area contributed by atoms with E-state index in [-0.39, 0.29) is 5.69 Å². The highest BCUT2D eigenvalue weighted by molar-refractivity contribution is 5.91. The molecule has 0 fully saturated rings. The number of nitrogens with one attached hydrogen (secondary N) is 2. The average molecular weight is 328 g/mol. The predicted molar refractivity (Wildman–Crippen MR) is 90.6 cm³/mol. The Balaban J connectivity index is 2.05. The predicted octanol–water partition coefficient (Wildman–Crippen LogP) is 3.07. The number of nitro benzene ring substituents is 1. The summed E-state index contributed by atoms with van der Waals surface area (Å²) >= 11 is 0. The highest BCUT2D eigenvalue weighted by Crippen LogP contribution is 2.22. The van der Waals surface area contributed by atoms with Crippen LogP contribution in [0.4, 0.5) is 16.2 Å². The average Bonchev–Trinajstić information content (AvgIpc) is 2.56. The van der Waals surface area contributed by atoms with E-state index in [0.29, 0.717) is 17.0 Å². The van der Waals surface area contributed by atoms with Crippen LogP contribution in [0.2, 0.25) is 0 Å². The van der Waals surface area contributed by atoms with Crippen LogP contribution in [0.25, 0.3) is 0 Å². The summed E-state index contributed by atoms with van der Waals surface area (Å²) in [5.41, 5.74) is 4.16. The lowest BCUT2D eigenvalue weighted by molar-refractivity contribution is -0.384. The molecule has 0 aliphatic heterocycles. The van der Waals surface area contributed by atoms with Crippen molar-refractivity contribution in [1.29, 1.82) is 0 Å². The zero-order chi connectivity index (χ0) is 17.5. The molecule has 24 heavy (non-hydrogen) atoms. The van der Waals surface area contributed by atoms with Crippen LogP contribution in [0.3, 0.4) is 0 Å². The maximum atomic E-state index is 11.8.